The molecule has 0 bridgehead atoms. The number of hydrogen-bond donors (Lipinski definition) is 0. The molecule has 1 heteroatoms. The van der Waals surface area contributed by atoms with Crippen molar-refractivity contribution >= 4 is 17.1 Å². The minimum Gasteiger partial charge on any atom is -0.310 e. The monoisotopic (exact) mass is 701 g/mol. The molecule has 0 aliphatic carbocycles. The maximum Gasteiger partial charge on any atom is 0.0473 e. The first-order chi connectivity index (χ1) is 27.3. The van der Waals surface area contributed by atoms with E-state index in [9.17, 15) is 0 Å². The van der Waals surface area contributed by atoms with E-state index in [0.717, 1.165) is 17.1 Å². The van der Waals surface area contributed by atoms with Crippen LogP contribution in [0.15, 0.2) is 237 Å². The molecule has 0 aliphatic heterocycles. The number of anilines is 3. The van der Waals surface area contributed by atoms with Gasteiger partial charge in [-0.1, -0.05) is 188 Å². The van der Waals surface area contributed by atoms with Crippen LogP contribution in [0.5, 0.6) is 0 Å². The van der Waals surface area contributed by atoms with Gasteiger partial charge in [-0.3, -0.25) is 0 Å². The summed E-state index contributed by atoms with van der Waals surface area (Å²) in [6.07, 6.45) is 0. The first-order valence-corrected chi connectivity index (χ1v) is 18.8. The summed E-state index contributed by atoms with van der Waals surface area (Å²) in [5, 5.41) is 0. The molecule has 9 aromatic rings. The molecule has 0 spiro atoms. The highest BCUT2D eigenvalue weighted by molar-refractivity contribution is 5.90. The number of benzene rings is 9. The Labute approximate surface area is 324 Å². The molecular formula is C54H39N. The average molecular weight is 702 g/mol. The van der Waals surface area contributed by atoms with Gasteiger partial charge in [0.15, 0.2) is 0 Å². The van der Waals surface area contributed by atoms with Gasteiger partial charge in [0.05, 0.1) is 0 Å². The van der Waals surface area contributed by atoms with E-state index in [4.69, 9.17) is 0 Å². The van der Waals surface area contributed by atoms with Gasteiger partial charge < -0.3 is 4.90 Å². The smallest absolute Gasteiger partial charge is 0.0473 e. The van der Waals surface area contributed by atoms with Crippen LogP contribution in [0.3, 0.4) is 0 Å². The van der Waals surface area contributed by atoms with Crippen molar-refractivity contribution in [3.63, 3.8) is 0 Å². The molecule has 0 aromatic heterocycles. The summed E-state index contributed by atoms with van der Waals surface area (Å²) in [4.78, 5) is 2.38. The van der Waals surface area contributed by atoms with Crippen LogP contribution in [-0.2, 0) is 0 Å². The summed E-state index contributed by atoms with van der Waals surface area (Å²) in [5.41, 5.74) is 17.6. The highest BCUT2D eigenvalue weighted by Gasteiger charge is 2.17. The van der Waals surface area contributed by atoms with Crippen LogP contribution in [0, 0.1) is 0 Å². The van der Waals surface area contributed by atoms with E-state index in [-0.39, 0.29) is 0 Å². The average Bonchev–Trinajstić information content (AvgIpc) is 3.28. The fourth-order valence-electron chi connectivity index (χ4n) is 7.47. The lowest BCUT2D eigenvalue weighted by Gasteiger charge is -2.27. The summed E-state index contributed by atoms with van der Waals surface area (Å²) < 4.78 is 0. The second kappa shape index (κ2) is 15.4. The van der Waals surface area contributed by atoms with E-state index < -0.39 is 0 Å². The Kier molecular flexibility index (Phi) is 9.41. The summed E-state index contributed by atoms with van der Waals surface area (Å²) >= 11 is 0. The van der Waals surface area contributed by atoms with Crippen LogP contribution in [0.4, 0.5) is 17.1 Å². The Hall–Kier alpha value is -7.22. The Morgan fingerprint density at radius 3 is 0.964 bits per heavy atom. The zero-order valence-corrected chi connectivity index (χ0v) is 30.5. The van der Waals surface area contributed by atoms with E-state index in [1.807, 2.05) is 0 Å². The Morgan fingerprint density at radius 1 is 0.182 bits per heavy atom. The summed E-state index contributed by atoms with van der Waals surface area (Å²) in [6.45, 7) is 0. The summed E-state index contributed by atoms with van der Waals surface area (Å²) in [5.74, 6) is 0. The Morgan fingerprint density at radius 2 is 0.509 bits per heavy atom. The van der Waals surface area contributed by atoms with Gasteiger partial charge in [-0.05, 0) is 115 Å². The van der Waals surface area contributed by atoms with E-state index in [2.05, 4.69) is 241 Å². The minimum atomic E-state index is 1.08. The molecule has 9 aromatic carbocycles. The molecule has 0 amide bonds. The molecule has 0 unspecified atom stereocenters. The van der Waals surface area contributed by atoms with Crippen molar-refractivity contribution in [2.45, 2.75) is 0 Å². The van der Waals surface area contributed by atoms with Crippen molar-refractivity contribution in [1.29, 1.82) is 0 Å². The molecule has 0 radical (unpaired) electrons. The molecular weight excluding hydrogens is 663 g/mol. The molecule has 260 valence electrons. The Balaban J connectivity index is 1.20. The van der Waals surface area contributed by atoms with Crippen molar-refractivity contribution < 1.29 is 0 Å². The molecule has 0 aliphatic rings. The lowest BCUT2D eigenvalue weighted by atomic mass is 9.91. The zero-order valence-electron chi connectivity index (χ0n) is 30.5. The molecule has 0 atom stereocenters. The van der Waals surface area contributed by atoms with Crippen LogP contribution in [0.2, 0.25) is 0 Å². The van der Waals surface area contributed by atoms with Gasteiger partial charge in [0, 0.05) is 17.1 Å². The predicted octanol–water partition coefficient (Wildman–Crippen LogP) is 15.2. The van der Waals surface area contributed by atoms with Crippen molar-refractivity contribution in [2.75, 3.05) is 4.90 Å². The van der Waals surface area contributed by atoms with Gasteiger partial charge in [0.1, 0.15) is 0 Å². The quantitative estimate of drug-likeness (QED) is 0.145. The maximum atomic E-state index is 2.38. The topological polar surface area (TPSA) is 3.24 Å². The van der Waals surface area contributed by atoms with E-state index in [1.54, 1.807) is 0 Å². The summed E-state index contributed by atoms with van der Waals surface area (Å²) in [6, 6.07) is 85.1. The molecule has 1 nitrogen and oxygen atoms in total. The minimum absolute atomic E-state index is 1.08. The van der Waals surface area contributed by atoms with Crippen molar-refractivity contribution in [3.05, 3.63) is 237 Å². The largest absolute Gasteiger partial charge is 0.310 e. The van der Waals surface area contributed by atoms with Gasteiger partial charge in [-0.2, -0.15) is 0 Å². The molecule has 0 saturated heterocycles. The van der Waals surface area contributed by atoms with Crippen molar-refractivity contribution in [1.82, 2.24) is 0 Å². The predicted molar refractivity (Wildman–Crippen MR) is 234 cm³/mol. The van der Waals surface area contributed by atoms with Gasteiger partial charge >= 0.3 is 0 Å². The second-order valence-electron chi connectivity index (χ2n) is 13.8. The molecule has 0 fully saturated rings. The third kappa shape index (κ3) is 7.25. The second-order valence-corrected chi connectivity index (χ2v) is 13.8. The third-order valence-corrected chi connectivity index (χ3v) is 10.3. The molecule has 0 saturated carbocycles. The Bertz CT molecular complexity index is 2580. The van der Waals surface area contributed by atoms with Crippen LogP contribution in [0.25, 0.3) is 66.8 Å². The van der Waals surface area contributed by atoms with Gasteiger partial charge in [-0.25, -0.2) is 0 Å². The van der Waals surface area contributed by atoms with E-state index >= 15 is 0 Å². The fourth-order valence-corrected chi connectivity index (χ4v) is 7.47. The lowest BCUT2D eigenvalue weighted by molar-refractivity contribution is 1.28. The summed E-state index contributed by atoms with van der Waals surface area (Å²) in [7, 11) is 0. The molecule has 0 heterocycles. The normalized spacial score (nSPS) is 10.9. The van der Waals surface area contributed by atoms with E-state index in [1.165, 1.54) is 66.8 Å². The van der Waals surface area contributed by atoms with Crippen molar-refractivity contribution in [2.24, 2.45) is 0 Å². The lowest BCUT2D eigenvalue weighted by Crippen LogP contribution is -2.10. The van der Waals surface area contributed by atoms with Crippen LogP contribution in [0.1, 0.15) is 0 Å². The van der Waals surface area contributed by atoms with Crippen LogP contribution >= 0.6 is 0 Å². The standard InChI is InChI=1S/C54H39N/c1-6-16-40(17-7-1)44-26-31-50(32-27-44)55(52-37-48(42-20-10-3-11-21-42)36-49(38-52)43-22-12-4-13-23-43)51-33-28-46(29-34-51)54-39-47(41-18-8-2-9-19-41)30-35-53(54)45-24-14-5-15-25-45/h1-39H. The molecule has 55 heavy (non-hydrogen) atoms. The highest BCUT2D eigenvalue weighted by atomic mass is 15.1. The number of hydrogen-bond acceptors (Lipinski definition) is 1. The van der Waals surface area contributed by atoms with Gasteiger partial charge in [-0.15, -0.1) is 0 Å². The third-order valence-electron chi connectivity index (χ3n) is 10.3. The molecule has 9 rings (SSSR count). The first kappa shape index (κ1) is 33.6. The van der Waals surface area contributed by atoms with Crippen LogP contribution in [-0.4, -0.2) is 0 Å². The zero-order chi connectivity index (χ0) is 36.8. The number of nitrogens with zero attached hydrogens (tertiary/aromatic N) is 1. The van der Waals surface area contributed by atoms with Crippen LogP contribution < -0.4 is 4.90 Å². The molecule has 0 N–H and O–H groups in total. The van der Waals surface area contributed by atoms with Crippen molar-refractivity contribution in [3.8, 4) is 66.8 Å². The SMILES string of the molecule is c1ccc(-c2ccc(N(c3ccc(-c4cc(-c5ccccc5)ccc4-c4ccccc4)cc3)c3cc(-c4ccccc4)cc(-c4ccccc4)c3)cc2)cc1. The van der Waals surface area contributed by atoms with Gasteiger partial charge in [0.25, 0.3) is 0 Å². The first-order valence-electron chi connectivity index (χ1n) is 18.8. The van der Waals surface area contributed by atoms with Gasteiger partial charge in [0.2, 0.25) is 0 Å². The maximum absolute atomic E-state index is 2.38. The van der Waals surface area contributed by atoms with E-state index in [0.29, 0.717) is 0 Å². The highest BCUT2D eigenvalue weighted by Crippen LogP contribution is 2.42. The fraction of sp³-hybridized carbons (Fsp3) is 0. The number of rotatable bonds is 9.